The van der Waals surface area contributed by atoms with Crippen molar-refractivity contribution in [3.63, 3.8) is 0 Å². The number of aryl methyl sites for hydroxylation is 1. The van der Waals surface area contributed by atoms with Gasteiger partial charge in [0.2, 0.25) is 5.91 Å². The van der Waals surface area contributed by atoms with E-state index < -0.39 is 5.92 Å². The van der Waals surface area contributed by atoms with Gasteiger partial charge in [-0.15, -0.1) is 10.2 Å². The van der Waals surface area contributed by atoms with Crippen molar-refractivity contribution in [2.75, 3.05) is 6.54 Å². The van der Waals surface area contributed by atoms with Crippen LogP contribution in [0.1, 0.15) is 11.4 Å². The molecule has 2 rings (SSSR count). The highest BCUT2D eigenvalue weighted by Crippen LogP contribution is 2.08. The van der Waals surface area contributed by atoms with E-state index in [1.54, 1.807) is 10.9 Å². The molecular weight excluding hydrogens is 266 g/mol. The number of aromatic nitrogens is 3. The normalized spacial score (nSPS) is 11.6. The Hall–Kier alpha value is -2.68. The summed E-state index contributed by atoms with van der Waals surface area (Å²) in [5.41, 5.74) is 0.979. The van der Waals surface area contributed by atoms with Crippen molar-refractivity contribution in [1.29, 1.82) is 5.26 Å². The molecule has 1 N–H and O–H groups in total. The van der Waals surface area contributed by atoms with Crippen molar-refractivity contribution >= 4 is 5.91 Å². The van der Waals surface area contributed by atoms with Gasteiger partial charge in [0.1, 0.15) is 18.1 Å². The predicted octanol–water partition coefficient (Wildman–Crippen LogP) is 0.856. The van der Waals surface area contributed by atoms with Crippen LogP contribution in [0.3, 0.4) is 0 Å². The first-order valence-corrected chi connectivity index (χ1v) is 6.75. The van der Waals surface area contributed by atoms with E-state index in [2.05, 4.69) is 21.6 Å². The molecule has 1 amide bonds. The average Bonchev–Trinajstić information content (AvgIpc) is 2.91. The zero-order chi connectivity index (χ0) is 15.1. The van der Waals surface area contributed by atoms with Gasteiger partial charge in [0.05, 0.1) is 6.07 Å². The molecule has 0 bridgehead atoms. The molecule has 2 aromatic rings. The minimum absolute atomic E-state index is 0.247. The number of nitrogens with one attached hydrogen (secondary N) is 1. The Morgan fingerprint density at radius 1 is 1.43 bits per heavy atom. The Morgan fingerprint density at radius 3 is 2.81 bits per heavy atom. The molecule has 108 valence electrons. The summed E-state index contributed by atoms with van der Waals surface area (Å²) in [5, 5.41) is 19.6. The molecule has 0 aliphatic heterocycles. The van der Waals surface area contributed by atoms with E-state index in [-0.39, 0.29) is 5.91 Å². The van der Waals surface area contributed by atoms with Crippen LogP contribution in [0.2, 0.25) is 0 Å². The number of amides is 1. The molecule has 0 saturated heterocycles. The number of rotatable bonds is 6. The molecule has 6 nitrogen and oxygen atoms in total. The van der Waals surface area contributed by atoms with Gasteiger partial charge in [-0.1, -0.05) is 30.3 Å². The number of hydrogen-bond acceptors (Lipinski definition) is 4. The molecule has 0 fully saturated rings. The highest BCUT2D eigenvalue weighted by Gasteiger charge is 2.18. The summed E-state index contributed by atoms with van der Waals surface area (Å²) >= 11 is 0. The van der Waals surface area contributed by atoms with E-state index in [1.165, 1.54) is 0 Å². The van der Waals surface area contributed by atoms with Crippen LogP contribution in [0, 0.1) is 17.2 Å². The maximum Gasteiger partial charge on any atom is 0.237 e. The van der Waals surface area contributed by atoms with Crippen molar-refractivity contribution < 1.29 is 4.79 Å². The third-order valence-electron chi connectivity index (χ3n) is 3.21. The maximum absolute atomic E-state index is 12.0. The van der Waals surface area contributed by atoms with Gasteiger partial charge in [-0.05, 0) is 12.0 Å². The molecule has 1 aromatic heterocycles. The molecule has 1 aromatic carbocycles. The van der Waals surface area contributed by atoms with Gasteiger partial charge in [-0.2, -0.15) is 5.26 Å². The van der Waals surface area contributed by atoms with Gasteiger partial charge in [0.15, 0.2) is 0 Å². The summed E-state index contributed by atoms with van der Waals surface area (Å²) in [5.74, 6) is -0.123. The summed E-state index contributed by atoms with van der Waals surface area (Å²) in [6.45, 7) is 0.443. The summed E-state index contributed by atoms with van der Waals surface area (Å²) in [4.78, 5) is 12.0. The fourth-order valence-electron chi connectivity index (χ4n) is 2.00. The predicted molar refractivity (Wildman–Crippen MR) is 77.0 cm³/mol. The van der Waals surface area contributed by atoms with Crippen LogP contribution in [0.25, 0.3) is 0 Å². The minimum atomic E-state index is -0.674. The first-order chi connectivity index (χ1) is 10.2. The van der Waals surface area contributed by atoms with Crippen LogP contribution in [-0.4, -0.2) is 27.2 Å². The number of nitrogens with zero attached hydrogens (tertiary/aromatic N) is 4. The second-order valence-corrected chi connectivity index (χ2v) is 4.77. The third-order valence-corrected chi connectivity index (χ3v) is 3.21. The fraction of sp³-hybridized carbons (Fsp3) is 0.333. The van der Waals surface area contributed by atoms with Crippen molar-refractivity contribution in [3.8, 4) is 6.07 Å². The Morgan fingerprint density at radius 2 is 2.19 bits per heavy atom. The van der Waals surface area contributed by atoms with Crippen molar-refractivity contribution in [2.24, 2.45) is 13.0 Å². The van der Waals surface area contributed by atoms with E-state index in [0.29, 0.717) is 19.4 Å². The number of nitriles is 1. The molecule has 6 heteroatoms. The fourth-order valence-corrected chi connectivity index (χ4v) is 2.00. The number of carbonyl (C=O) groups is 1. The number of carbonyl (C=O) groups excluding carboxylic acids is 1. The zero-order valence-corrected chi connectivity index (χ0v) is 11.9. The Bertz CT molecular complexity index is 629. The van der Waals surface area contributed by atoms with Gasteiger partial charge in [-0.25, -0.2) is 0 Å². The Balaban J connectivity index is 1.83. The van der Waals surface area contributed by atoms with Crippen LogP contribution in [0.5, 0.6) is 0 Å². The van der Waals surface area contributed by atoms with Crippen LogP contribution >= 0.6 is 0 Å². The highest BCUT2D eigenvalue weighted by molar-refractivity contribution is 5.81. The van der Waals surface area contributed by atoms with E-state index in [1.807, 2.05) is 37.4 Å². The van der Waals surface area contributed by atoms with Gasteiger partial charge < -0.3 is 9.88 Å². The molecule has 0 spiro atoms. The molecule has 1 atom stereocenters. The quantitative estimate of drug-likeness (QED) is 0.852. The van der Waals surface area contributed by atoms with Gasteiger partial charge in [-0.3, -0.25) is 4.79 Å². The first-order valence-electron chi connectivity index (χ1n) is 6.75. The highest BCUT2D eigenvalue weighted by atomic mass is 16.1. The van der Waals surface area contributed by atoms with Crippen LogP contribution in [0.15, 0.2) is 36.7 Å². The minimum Gasteiger partial charge on any atom is -0.355 e. The lowest BCUT2D eigenvalue weighted by atomic mass is 10.00. The lowest BCUT2D eigenvalue weighted by Gasteiger charge is -2.10. The average molecular weight is 283 g/mol. The molecular formula is C15H17N5O. The molecule has 0 saturated carbocycles. The Kier molecular flexibility index (Phi) is 5.04. The number of hydrogen-bond donors (Lipinski definition) is 1. The number of benzene rings is 1. The zero-order valence-electron chi connectivity index (χ0n) is 11.9. The van der Waals surface area contributed by atoms with Gasteiger partial charge >= 0.3 is 0 Å². The largest absolute Gasteiger partial charge is 0.355 e. The van der Waals surface area contributed by atoms with Crippen molar-refractivity contribution in [3.05, 3.63) is 48.0 Å². The maximum atomic E-state index is 12.0. The van der Waals surface area contributed by atoms with Gasteiger partial charge in [0, 0.05) is 20.0 Å². The van der Waals surface area contributed by atoms with E-state index in [9.17, 15) is 4.79 Å². The third kappa shape index (κ3) is 4.14. The monoisotopic (exact) mass is 283 g/mol. The van der Waals surface area contributed by atoms with Crippen LogP contribution in [0.4, 0.5) is 0 Å². The SMILES string of the molecule is Cn1cnnc1CCNC(=O)C(C#N)Cc1ccccc1. The first kappa shape index (κ1) is 14.7. The topological polar surface area (TPSA) is 83.6 Å². The summed E-state index contributed by atoms with van der Waals surface area (Å²) in [6.07, 6.45) is 2.63. The van der Waals surface area contributed by atoms with Crippen molar-refractivity contribution in [2.45, 2.75) is 12.8 Å². The second-order valence-electron chi connectivity index (χ2n) is 4.77. The second kappa shape index (κ2) is 7.20. The molecule has 1 unspecified atom stereocenters. The van der Waals surface area contributed by atoms with E-state index in [4.69, 9.17) is 5.26 Å². The van der Waals surface area contributed by atoms with Crippen LogP contribution < -0.4 is 5.32 Å². The Labute approximate surface area is 123 Å². The van der Waals surface area contributed by atoms with Crippen LogP contribution in [-0.2, 0) is 24.7 Å². The summed E-state index contributed by atoms with van der Waals surface area (Å²) in [7, 11) is 1.85. The summed E-state index contributed by atoms with van der Waals surface area (Å²) < 4.78 is 1.80. The molecule has 1 heterocycles. The molecule has 0 radical (unpaired) electrons. The van der Waals surface area contributed by atoms with E-state index >= 15 is 0 Å². The lowest BCUT2D eigenvalue weighted by Crippen LogP contribution is -2.33. The molecule has 0 aliphatic carbocycles. The summed E-state index contributed by atoms with van der Waals surface area (Å²) in [6, 6.07) is 11.6. The van der Waals surface area contributed by atoms with E-state index in [0.717, 1.165) is 11.4 Å². The lowest BCUT2D eigenvalue weighted by molar-refractivity contribution is -0.123. The van der Waals surface area contributed by atoms with Crippen molar-refractivity contribution in [1.82, 2.24) is 20.1 Å². The van der Waals surface area contributed by atoms with Gasteiger partial charge in [0.25, 0.3) is 0 Å². The molecule has 0 aliphatic rings. The smallest absolute Gasteiger partial charge is 0.237 e. The molecule has 21 heavy (non-hydrogen) atoms. The standard InChI is InChI=1S/C15H17N5O/c1-20-11-18-19-14(20)7-8-17-15(21)13(10-16)9-12-5-3-2-4-6-12/h2-6,11,13H,7-9H2,1H3,(H,17,21).